The van der Waals surface area contributed by atoms with Crippen LogP contribution in [0.4, 0.5) is 0 Å². The SMILES string of the molecule is CC1CCCC(NC2CC(N)c3ccccc32)CC1. The predicted octanol–water partition coefficient (Wildman–Crippen LogP) is 3.69. The maximum atomic E-state index is 6.25. The fraction of sp³-hybridized carbons (Fsp3) is 0.647. The lowest BCUT2D eigenvalue weighted by Gasteiger charge is -2.22. The van der Waals surface area contributed by atoms with Gasteiger partial charge in [0, 0.05) is 18.1 Å². The van der Waals surface area contributed by atoms with E-state index < -0.39 is 0 Å². The zero-order valence-corrected chi connectivity index (χ0v) is 11.9. The minimum atomic E-state index is 0.221. The van der Waals surface area contributed by atoms with Crippen molar-refractivity contribution in [1.29, 1.82) is 0 Å². The van der Waals surface area contributed by atoms with Gasteiger partial charge < -0.3 is 11.1 Å². The first-order chi connectivity index (χ1) is 9.24. The van der Waals surface area contributed by atoms with Crippen molar-refractivity contribution in [2.24, 2.45) is 11.7 Å². The van der Waals surface area contributed by atoms with Crippen molar-refractivity contribution in [1.82, 2.24) is 5.32 Å². The van der Waals surface area contributed by atoms with E-state index in [4.69, 9.17) is 5.73 Å². The Bertz CT molecular complexity index is 429. The van der Waals surface area contributed by atoms with Gasteiger partial charge in [-0.25, -0.2) is 0 Å². The molecule has 104 valence electrons. The highest BCUT2D eigenvalue weighted by atomic mass is 15.0. The van der Waals surface area contributed by atoms with Crippen molar-refractivity contribution in [2.45, 2.75) is 63.6 Å². The average molecular weight is 258 g/mol. The standard InChI is InChI=1S/C17H26N2/c1-12-5-4-6-13(10-9-12)19-17-11-16(18)14-7-2-3-8-15(14)17/h2-3,7-8,12-13,16-17,19H,4-6,9-11,18H2,1H3. The Balaban J connectivity index is 1.68. The van der Waals surface area contributed by atoms with Crippen molar-refractivity contribution in [3.05, 3.63) is 35.4 Å². The van der Waals surface area contributed by atoms with Gasteiger partial charge in [-0.05, 0) is 42.7 Å². The third kappa shape index (κ3) is 2.85. The summed E-state index contributed by atoms with van der Waals surface area (Å²) < 4.78 is 0. The van der Waals surface area contributed by atoms with Crippen molar-refractivity contribution in [2.75, 3.05) is 0 Å². The molecule has 4 unspecified atom stereocenters. The molecule has 0 heterocycles. The van der Waals surface area contributed by atoms with E-state index in [0.717, 1.165) is 12.3 Å². The predicted molar refractivity (Wildman–Crippen MR) is 79.9 cm³/mol. The minimum absolute atomic E-state index is 0.221. The summed E-state index contributed by atoms with van der Waals surface area (Å²) in [5.41, 5.74) is 9.04. The second-order valence-corrected chi connectivity index (χ2v) is 6.50. The van der Waals surface area contributed by atoms with E-state index in [0.29, 0.717) is 12.1 Å². The van der Waals surface area contributed by atoms with Crippen molar-refractivity contribution in [3.63, 3.8) is 0 Å². The molecular weight excluding hydrogens is 232 g/mol. The molecule has 2 heteroatoms. The van der Waals surface area contributed by atoms with Gasteiger partial charge in [-0.15, -0.1) is 0 Å². The minimum Gasteiger partial charge on any atom is -0.324 e. The van der Waals surface area contributed by atoms with Gasteiger partial charge in [0.1, 0.15) is 0 Å². The number of fused-ring (bicyclic) bond motifs is 1. The van der Waals surface area contributed by atoms with Crippen molar-refractivity contribution in [3.8, 4) is 0 Å². The first-order valence-electron chi connectivity index (χ1n) is 7.84. The lowest BCUT2D eigenvalue weighted by molar-refractivity contribution is 0.383. The van der Waals surface area contributed by atoms with Crippen LogP contribution >= 0.6 is 0 Å². The highest BCUT2D eigenvalue weighted by molar-refractivity contribution is 5.37. The Morgan fingerprint density at radius 1 is 1.05 bits per heavy atom. The Kier molecular flexibility index (Phi) is 3.90. The van der Waals surface area contributed by atoms with Crippen LogP contribution in [0.25, 0.3) is 0 Å². The molecule has 3 rings (SSSR count). The van der Waals surface area contributed by atoms with E-state index in [1.54, 1.807) is 0 Å². The van der Waals surface area contributed by atoms with Gasteiger partial charge in [0.05, 0.1) is 0 Å². The van der Waals surface area contributed by atoms with Gasteiger partial charge in [-0.2, -0.15) is 0 Å². The molecule has 1 saturated carbocycles. The molecule has 1 fully saturated rings. The number of benzene rings is 1. The van der Waals surface area contributed by atoms with E-state index in [1.807, 2.05) is 0 Å². The van der Waals surface area contributed by atoms with Gasteiger partial charge in [-0.1, -0.05) is 44.0 Å². The molecule has 0 saturated heterocycles. The molecule has 4 atom stereocenters. The van der Waals surface area contributed by atoms with Crippen molar-refractivity contribution < 1.29 is 0 Å². The van der Waals surface area contributed by atoms with Crippen LogP contribution in [-0.2, 0) is 0 Å². The molecule has 1 aromatic rings. The molecule has 3 N–H and O–H groups in total. The van der Waals surface area contributed by atoms with E-state index in [9.17, 15) is 0 Å². The Labute approximate surface area is 116 Å². The fourth-order valence-corrected chi connectivity index (χ4v) is 3.77. The molecule has 2 aliphatic carbocycles. The third-order valence-corrected chi connectivity index (χ3v) is 4.95. The molecule has 0 spiro atoms. The van der Waals surface area contributed by atoms with Crippen LogP contribution in [-0.4, -0.2) is 6.04 Å². The molecule has 0 bridgehead atoms. The lowest BCUT2D eigenvalue weighted by Crippen LogP contribution is -2.31. The molecule has 0 amide bonds. The van der Waals surface area contributed by atoms with Gasteiger partial charge >= 0.3 is 0 Å². The lowest BCUT2D eigenvalue weighted by atomic mass is 10.0. The molecule has 19 heavy (non-hydrogen) atoms. The van der Waals surface area contributed by atoms with Crippen LogP contribution in [0, 0.1) is 5.92 Å². The second kappa shape index (κ2) is 5.64. The Hall–Kier alpha value is -0.860. The van der Waals surface area contributed by atoms with Gasteiger partial charge in [-0.3, -0.25) is 0 Å². The van der Waals surface area contributed by atoms with Gasteiger partial charge in [0.2, 0.25) is 0 Å². The van der Waals surface area contributed by atoms with Crippen LogP contribution in [0.15, 0.2) is 24.3 Å². The summed E-state index contributed by atoms with van der Waals surface area (Å²) in [6, 6.07) is 10.1. The van der Waals surface area contributed by atoms with Crippen LogP contribution in [0.2, 0.25) is 0 Å². The Morgan fingerprint density at radius 3 is 2.68 bits per heavy atom. The zero-order valence-electron chi connectivity index (χ0n) is 11.9. The monoisotopic (exact) mass is 258 g/mol. The third-order valence-electron chi connectivity index (χ3n) is 4.95. The molecule has 0 aliphatic heterocycles. The summed E-state index contributed by atoms with van der Waals surface area (Å²) in [6.45, 7) is 2.39. The van der Waals surface area contributed by atoms with E-state index in [-0.39, 0.29) is 6.04 Å². The normalized spacial score (nSPS) is 34.8. The largest absolute Gasteiger partial charge is 0.324 e. The smallest absolute Gasteiger partial charge is 0.0344 e. The topological polar surface area (TPSA) is 38.0 Å². The molecule has 0 radical (unpaired) electrons. The average Bonchev–Trinajstić information content (AvgIpc) is 2.58. The van der Waals surface area contributed by atoms with Crippen LogP contribution in [0.1, 0.15) is 68.7 Å². The zero-order chi connectivity index (χ0) is 13.2. The molecule has 2 nitrogen and oxygen atoms in total. The van der Waals surface area contributed by atoms with E-state index in [2.05, 4.69) is 36.5 Å². The summed E-state index contributed by atoms with van der Waals surface area (Å²) in [7, 11) is 0. The summed E-state index contributed by atoms with van der Waals surface area (Å²) in [6.07, 6.45) is 7.87. The molecule has 2 aliphatic rings. The molecular formula is C17H26N2. The van der Waals surface area contributed by atoms with Crippen LogP contribution < -0.4 is 11.1 Å². The number of hydrogen-bond donors (Lipinski definition) is 2. The quantitative estimate of drug-likeness (QED) is 0.794. The maximum Gasteiger partial charge on any atom is 0.0344 e. The summed E-state index contributed by atoms with van der Waals surface area (Å²) in [5, 5.41) is 3.88. The highest BCUT2D eigenvalue weighted by Gasteiger charge is 2.30. The summed E-state index contributed by atoms with van der Waals surface area (Å²) in [4.78, 5) is 0. The van der Waals surface area contributed by atoms with E-state index in [1.165, 1.54) is 43.2 Å². The maximum absolute atomic E-state index is 6.25. The first-order valence-corrected chi connectivity index (χ1v) is 7.84. The molecule has 0 aromatic heterocycles. The van der Waals surface area contributed by atoms with Crippen LogP contribution in [0.5, 0.6) is 0 Å². The first kappa shape index (κ1) is 13.1. The number of nitrogens with one attached hydrogen (secondary N) is 1. The summed E-state index contributed by atoms with van der Waals surface area (Å²) >= 11 is 0. The number of hydrogen-bond acceptors (Lipinski definition) is 2. The number of rotatable bonds is 2. The Morgan fingerprint density at radius 2 is 1.84 bits per heavy atom. The van der Waals surface area contributed by atoms with Gasteiger partial charge in [0.25, 0.3) is 0 Å². The van der Waals surface area contributed by atoms with Crippen LogP contribution in [0.3, 0.4) is 0 Å². The van der Waals surface area contributed by atoms with E-state index >= 15 is 0 Å². The fourth-order valence-electron chi connectivity index (χ4n) is 3.77. The second-order valence-electron chi connectivity index (χ2n) is 6.50. The highest BCUT2D eigenvalue weighted by Crippen LogP contribution is 2.38. The molecule has 1 aromatic carbocycles. The van der Waals surface area contributed by atoms with Gasteiger partial charge in [0.15, 0.2) is 0 Å². The number of nitrogens with two attached hydrogens (primary N) is 1. The van der Waals surface area contributed by atoms with Crippen molar-refractivity contribution >= 4 is 0 Å². The summed E-state index contributed by atoms with van der Waals surface area (Å²) in [5.74, 6) is 0.907.